The van der Waals surface area contributed by atoms with Crippen molar-refractivity contribution in [3.05, 3.63) is 34.7 Å². The van der Waals surface area contributed by atoms with Crippen molar-refractivity contribution >= 4 is 28.3 Å². The molecule has 0 saturated heterocycles. The number of carbonyl (C=O) groups is 2. The van der Waals surface area contributed by atoms with Gasteiger partial charge in [0.25, 0.3) is 0 Å². The van der Waals surface area contributed by atoms with Gasteiger partial charge in [0.2, 0.25) is 5.91 Å². The molecule has 2 fully saturated rings. The Balaban J connectivity index is 1.52. The molecule has 4 rings (SSSR count). The van der Waals surface area contributed by atoms with E-state index in [1.54, 1.807) is 0 Å². The minimum atomic E-state index is -0.840. The second-order valence-electron chi connectivity index (χ2n) is 7.57. The van der Waals surface area contributed by atoms with Crippen LogP contribution in [0.5, 0.6) is 0 Å². The number of carbonyl (C=O) groups excluding carboxylic acids is 1. The smallest absolute Gasteiger partial charge is 0.307 e. The molecule has 2 N–H and O–H groups in total. The average molecular weight is 370 g/mol. The normalized spacial score (nSPS) is 26.8. The molecular weight excluding hydrogens is 348 g/mol. The molecule has 2 aliphatic carbocycles. The third kappa shape index (κ3) is 2.92. The molecule has 1 aromatic heterocycles. The molecule has 5 nitrogen and oxygen atoms in total. The number of nitrogens with zero attached hydrogens (tertiary/aromatic N) is 1. The third-order valence-electron chi connectivity index (χ3n) is 5.90. The average Bonchev–Trinajstić information content (AvgIpc) is 3.29. The summed E-state index contributed by atoms with van der Waals surface area (Å²) in [6.07, 6.45) is 2.75. The largest absolute Gasteiger partial charge is 0.481 e. The Hall–Kier alpha value is -2.21. The Morgan fingerprint density at radius 2 is 1.92 bits per heavy atom. The standard InChI is InChI=1S/C20H22N2O3S/c1-10-3-6-14(11(2)7-10)15-9-26-20(21-15)22-18(23)16-12-4-5-13(8-12)17(16)19(24)25/h3,6-7,9,12-13,16-17H,4-5,8H2,1-2H3,(H,24,25)(H,21,22,23)/t12-,13+,16+,17+/m1/s1. The number of amides is 1. The number of hydrogen-bond acceptors (Lipinski definition) is 4. The van der Waals surface area contributed by atoms with E-state index in [1.165, 1.54) is 16.9 Å². The van der Waals surface area contributed by atoms with Gasteiger partial charge < -0.3 is 10.4 Å². The first kappa shape index (κ1) is 17.2. The summed E-state index contributed by atoms with van der Waals surface area (Å²) in [5.41, 5.74) is 4.24. The van der Waals surface area contributed by atoms with Crippen LogP contribution in [-0.2, 0) is 9.59 Å². The van der Waals surface area contributed by atoms with E-state index in [9.17, 15) is 14.7 Å². The van der Waals surface area contributed by atoms with Gasteiger partial charge in [-0.25, -0.2) is 4.98 Å². The first-order valence-electron chi connectivity index (χ1n) is 9.01. The number of aliphatic carboxylic acids is 1. The van der Waals surface area contributed by atoms with Gasteiger partial charge in [-0.3, -0.25) is 9.59 Å². The number of anilines is 1. The summed E-state index contributed by atoms with van der Waals surface area (Å²) in [6.45, 7) is 4.10. The quantitative estimate of drug-likeness (QED) is 0.849. The lowest BCUT2D eigenvalue weighted by Gasteiger charge is -2.26. The van der Waals surface area contributed by atoms with E-state index in [4.69, 9.17) is 0 Å². The molecule has 1 aromatic carbocycles. The zero-order chi connectivity index (χ0) is 18.4. The fourth-order valence-electron chi connectivity index (χ4n) is 4.77. The second-order valence-corrected chi connectivity index (χ2v) is 8.43. The lowest BCUT2D eigenvalue weighted by atomic mass is 9.79. The highest BCUT2D eigenvalue weighted by Gasteiger charge is 2.54. The maximum atomic E-state index is 12.8. The van der Waals surface area contributed by atoms with Gasteiger partial charge in [0.1, 0.15) is 0 Å². The molecule has 1 amide bonds. The van der Waals surface area contributed by atoms with Gasteiger partial charge in [-0.1, -0.05) is 23.8 Å². The van der Waals surface area contributed by atoms with E-state index in [0.717, 1.165) is 36.1 Å². The van der Waals surface area contributed by atoms with Gasteiger partial charge in [0.15, 0.2) is 5.13 Å². The summed E-state index contributed by atoms with van der Waals surface area (Å²) < 4.78 is 0. The van der Waals surface area contributed by atoms with Crippen LogP contribution in [0.3, 0.4) is 0 Å². The van der Waals surface area contributed by atoms with Crippen molar-refractivity contribution in [1.29, 1.82) is 0 Å². The number of aromatic nitrogens is 1. The second kappa shape index (κ2) is 6.50. The molecule has 26 heavy (non-hydrogen) atoms. The summed E-state index contributed by atoms with van der Waals surface area (Å²) in [7, 11) is 0. The van der Waals surface area contributed by atoms with Crippen LogP contribution >= 0.6 is 11.3 Å². The van der Waals surface area contributed by atoms with Crippen LogP contribution in [0.1, 0.15) is 30.4 Å². The number of thiazole rings is 1. The Morgan fingerprint density at radius 3 is 2.62 bits per heavy atom. The highest BCUT2D eigenvalue weighted by Crippen LogP contribution is 2.52. The van der Waals surface area contributed by atoms with Crippen LogP contribution < -0.4 is 5.32 Å². The predicted molar refractivity (Wildman–Crippen MR) is 101 cm³/mol. The van der Waals surface area contributed by atoms with Crippen molar-refractivity contribution in [2.24, 2.45) is 23.7 Å². The van der Waals surface area contributed by atoms with Gasteiger partial charge in [-0.2, -0.15) is 0 Å². The molecule has 6 heteroatoms. The molecule has 4 atom stereocenters. The molecule has 2 bridgehead atoms. The topological polar surface area (TPSA) is 79.3 Å². The van der Waals surface area contributed by atoms with Gasteiger partial charge in [-0.05, 0) is 50.5 Å². The molecule has 0 spiro atoms. The molecule has 0 aliphatic heterocycles. The van der Waals surface area contributed by atoms with Crippen LogP contribution in [0.2, 0.25) is 0 Å². The maximum absolute atomic E-state index is 12.8. The van der Waals surface area contributed by atoms with Crippen molar-refractivity contribution in [2.75, 3.05) is 5.32 Å². The highest BCUT2D eigenvalue weighted by atomic mass is 32.1. The van der Waals surface area contributed by atoms with E-state index in [2.05, 4.69) is 23.3 Å². The highest BCUT2D eigenvalue weighted by molar-refractivity contribution is 7.14. The molecule has 136 valence electrons. The van der Waals surface area contributed by atoms with Crippen LogP contribution in [0.25, 0.3) is 11.3 Å². The lowest BCUT2D eigenvalue weighted by Crippen LogP contribution is -2.37. The minimum absolute atomic E-state index is 0.148. The Bertz CT molecular complexity index is 876. The van der Waals surface area contributed by atoms with Gasteiger partial charge in [0, 0.05) is 10.9 Å². The molecular formula is C20H22N2O3S. The zero-order valence-corrected chi connectivity index (χ0v) is 15.7. The number of hydrogen-bond donors (Lipinski definition) is 2. The SMILES string of the molecule is Cc1ccc(-c2csc(NC(=O)[C@H]3[C@@H]4CC[C@@H](C4)[C@@H]3C(=O)O)n2)c(C)c1. The van der Waals surface area contributed by atoms with E-state index in [-0.39, 0.29) is 17.7 Å². The van der Waals surface area contributed by atoms with Crippen molar-refractivity contribution in [1.82, 2.24) is 4.98 Å². The molecule has 1 heterocycles. The van der Waals surface area contributed by atoms with Crippen molar-refractivity contribution in [3.8, 4) is 11.3 Å². The minimum Gasteiger partial charge on any atom is -0.481 e. The summed E-state index contributed by atoms with van der Waals surface area (Å²) in [5.74, 6) is -1.67. The van der Waals surface area contributed by atoms with Gasteiger partial charge >= 0.3 is 5.97 Å². The summed E-state index contributed by atoms with van der Waals surface area (Å²) in [5, 5.41) is 14.9. The van der Waals surface area contributed by atoms with Gasteiger partial charge in [0.05, 0.1) is 17.5 Å². The van der Waals surface area contributed by atoms with E-state index < -0.39 is 17.8 Å². The Morgan fingerprint density at radius 1 is 1.19 bits per heavy atom. The van der Waals surface area contributed by atoms with Gasteiger partial charge in [-0.15, -0.1) is 11.3 Å². The number of nitrogens with one attached hydrogen (secondary N) is 1. The lowest BCUT2D eigenvalue weighted by molar-refractivity contribution is -0.148. The molecule has 0 unspecified atom stereocenters. The summed E-state index contributed by atoms with van der Waals surface area (Å²) in [4.78, 5) is 28.9. The third-order valence-corrected chi connectivity index (χ3v) is 6.65. The maximum Gasteiger partial charge on any atom is 0.307 e. The zero-order valence-electron chi connectivity index (χ0n) is 14.9. The fourth-order valence-corrected chi connectivity index (χ4v) is 5.48. The van der Waals surface area contributed by atoms with E-state index >= 15 is 0 Å². The number of carboxylic acid groups (broad SMARTS) is 1. The summed E-state index contributed by atoms with van der Waals surface area (Å²) in [6, 6.07) is 6.20. The van der Waals surface area contributed by atoms with E-state index in [0.29, 0.717) is 5.13 Å². The predicted octanol–water partition coefficient (Wildman–Crippen LogP) is 4.11. The Labute approximate surface area is 156 Å². The monoisotopic (exact) mass is 370 g/mol. The van der Waals surface area contributed by atoms with Crippen molar-refractivity contribution < 1.29 is 14.7 Å². The number of carboxylic acids is 1. The fraction of sp³-hybridized carbons (Fsp3) is 0.450. The summed E-state index contributed by atoms with van der Waals surface area (Å²) >= 11 is 1.38. The number of rotatable bonds is 4. The number of fused-ring (bicyclic) bond motifs is 2. The van der Waals surface area contributed by atoms with Crippen molar-refractivity contribution in [3.63, 3.8) is 0 Å². The molecule has 2 saturated carbocycles. The van der Waals surface area contributed by atoms with Crippen LogP contribution in [0.4, 0.5) is 5.13 Å². The number of benzene rings is 1. The van der Waals surface area contributed by atoms with Crippen LogP contribution in [0.15, 0.2) is 23.6 Å². The van der Waals surface area contributed by atoms with Crippen molar-refractivity contribution in [2.45, 2.75) is 33.1 Å². The Kier molecular flexibility index (Phi) is 4.31. The van der Waals surface area contributed by atoms with Crippen LogP contribution in [-0.4, -0.2) is 22.0 Å². The molecule has 2 aromatic rings. The first-order valence-corrected chi connectivity index (χ1v) is 9.89. The van der Waals surface area contributed by atoms with Crippen LogP contribution in [0, 0.1) is 37.5 Å². The molecule has 0 radical (unpaired) electrons. The van der Waals surface area contributed by atoms with E-state index in [1.807, 2.05) is 24.4 Å². The number of aryl methyl sites for hydroxylation is 2. The molecule has 2 aliphatic rings. The first-order chi connectivity index (χ1) is 12.4.